The van der Waals surface area contributed by atoms with Crippen molar-refractivity contribution in [1.29, 1.82) is 0 Å². The maximum absolute atomic E-state index is 14.1. The molecular formula is C46H50N6O12. The molecule has 3 N–H and O–H groups in total. The van der Waals surface area contributed by atoms with Crippen molar-refractivity contribution in [3.63, 3.8) is 0 Å². The van der Waals surface area contributed by atoms with Crippen LogP contribution < -0.4 is 15.5 Å². The summed E-state index contributed by atoms with van der Waals surface area (Å²) in [4.78, 5) is 62.0. The summed E-state index contributed by atoms with van der Waals surface area (Å²) in [6.07, 6.45) is 5.17. The summed E-state index contributed by atoms with van der Waals surface area (Å²) in [6, 6.07) is 20.1. The van der Waals surface area contributed by atoms with Crippen LogP contribution >= 0.6 is 0 Å². The van der Waals surface area contributed by atoms with Crippen LogP contribution in [0, 0.1) is 26.1 Å². The van der Waals surface area contributed by atoms with Crippen molar-refractivity contribution in [3.8, 4) is 11.3 Å². The zero-order valence-corrected chi connectivity index (χ0v) is 35.3. The number of nitrogens with zero attached hydrogens (tertiary/aromatic N) is 4. The maximum atomic E-state index is 14.1. The predicted molar refractivity (Wildman–Crippen MR) is 238 cm³/mol. The monoisotopic (exact) mass is 878 g/mol. The molecule has 64 heavy (non-hydrogen) atoms. The molecule has 1 aliphatic carbocycles. The molecule has 1 atom stereocenters. The summed E-state index contributed by atoms with van der Waals surface area (Å²) in [6.45, 7) is 3.52. The van der Waals surface area contributed by atoms with E-state index in [9.17, 15) is 34.6 Å². The van der Waals surface area contributed by atoms with Crippen LogP contribution in [0.5, 0.6) is 0 Å². The Kier molecular flexibility index (Phi) is 15.2. The molecule has 336 valence electrons. The summed E-state index contributed by atoms with van der Waals surface area (Å²) < 4.78 is 22.9. The first kappa shape index (κ1) is 45.3. The van der Waals surface area contributed by atoms with E-state index in [2.05, 4.69) is 20.7 Å². The molecule has 7 rings (SSSR count). The van der Waals surface area contributed by atoms with Gasteiger partial charge in [-0.15, -0.1) is 0 Å². The maximum Gasteiger partial charge on any atom is 0.322 e. The van der Waals surface area contributed by atoms with E-state index < -0.39 is 15.8 Å². The molecule has 5 aromatic rings. The number of hydrogen-bond donors (Lipinski definition) is 3. The molecule has 0 radical (unpaired) electrons. The summed E-state index contributed by atoms with van der Waals surface area (Å²) >= 11 is 0. The number of aromatic nitrogens is 1. The lowest BCUT2D eigenvalue weighted by Gasteiger charge is -2.34. The molecule has 18 nitrogen and oxygen atoms in total. The highest BCUT2D eigenvalue weighted by Crippen LogP contribution is 2.47. The number of unbranched alkanes of at least 4 members (excludes halogenated alkanes) is 2. The van der Waals surface area contributed by atoms with Gasteiger partial charge in [-0.25, -0.2) is 0 Å². The molecular weight excluding hydrogens is 829 g/mol. The second-order valence-corrected chi connectivity index (χ2v) is 15.7. The number of ketones is 2. The zero-order chi connectivity index (χ0) is 45.0. The minimum absolute atomic E-state index is 0.165. The van der Waals surface area contributed by atoms with E-state index in [1.165, 1.54) is 12.1 Å². The number of benzene rings is 4. The number of hydrogen-bond acceptors (Lipinski definition) is 15. The number of carbonyl (C=O) groups is 3. The molecule has 2 aliphatic rings. The third kappa shape index (κ3) is 11.1. The Hall–Kier alpha value is -6.76. The molecule has 0 unspecified atom stereocenters. The normalized spacial score (nSPS) is 14.3. The molecule has 4 aromatic carbocycles. The standard InChI is InChI=1S/C46H50N6O12/c53-40(15-4-6-20-62-22-24-63-23-21-61-19-5-3-9-30-16-17-34(51(57)58)26-38(30)52(59)60)31-10-8-18-50(29-31)39-27-37(48-33-12-7-11-32(25-33)47-28-41(54)55)42-43-44(39)49-64-46(43)36-14-2-1-13-35(36)45(42)56/h1-2,7,11-14,16-17,25-27,31,47-48H,3-6,8-10,15,18-24,28-29H2,(H,54,55)/t31-/m1/s1. The second kappa shape index (κ2) is 21.5. The van der Waals surface area contributed by atoms with Crippen molar-refractivity contribution in [2.24, 2.45) is 5.92 Å². The van der Waals surface area contributed by atoms with Gasteiger partial charge in [-0.3, -0.25) is 34.6 Å². The predicted octanol–water partition coefficient (Wildman–Crippen LogP) is 8.12. The number of nitrogens with one attached hydrogen (secondary N) is 2. The van der Waals surface area contributed by atoms with Gasteiger partial charge in [-0.05, 0) is 75.3 Å². The number of anilines is 4. The van der Waals surface area contributed by atoms with Gasteiger partial charge in [0.2, 0.25) is 0 Å². The van der Waals surface area contributed by atoms with Crippen LogP contribution in [0.2, 0.25) is 0 Å². The Morgan fingerprint density at radius 1 is 0.844 bits per heavy atom. The van der Waals surface area contributed by atoms with Crippen LogP contribution in [0.4, 0.5) is 34.1 Å². The number of aryl methyl sites for hydroxylation is 1. The minimum Gasteiger partial charge on any atom is -0.480 e. The summed E-state index contributed by atoms with van der Waals surface area (Å²) in [5.41, 5.74) is 4.64. The molecule has 1 aromatic heterocycles. The van der Waals surface area contributed by atoms with Crippen LogP contribution in [0.15, 0.2) is 77.3 Å². The molecule has 0 amide bonds. The number of rotatable bonds is 25. The first-order valence-electron chi connectivity index (χ1n) is 21.4. The quantitative estimate of drug-likeness (QED) is 0.0279. The van der Waals surface area contributed by atoms with E-state index in [-0.39, 0.29) is 35.4 Å². The largest absolute Gasteiger partial charge is 0.480 e. The Morgan fingerprint density at radius 3 is 2.30 bits per heavy atom. The molecule has 18 heteroatoms. The van der Waals surface area contributed by atoms with Gasteiger partial charge in [0.15, 0.2) is 11.5 Å². The topological polar surface area (TPSA) is 239 Å². The average molecular weight is 879 g/mol. The van der Waals surface area contributed by atoms with Crippen LogP contribution in [-0.2, 0) is 30.2 Å². The van der Waals surface area contributed by atoms with Crippen molar-refractivity contribution < 1.29 is 48.1 Å². The number of nitro benzene ring substituents is 2. The van der Waals surface area contributed by atoms with Crippen molar-refractivity contribution in [2.75, 3.05) is 74.8 Å². The minimum atomic E-state index is -0.986. The van der Waals surface area contributed by atoms with Gasteiger partial charge in [0.1, 0.15) is 17.8 Å². The fraction of sp³-hybridized carbons (Fsp3) is 0.391. The van der Waals surface area contributed by atoms with Gasteiger partial charge in [-0.1, -0.05) is 35.5 Å². The molecule has 0 bridgehead atoms. The molecule has 1 aliphatic heterocycles. The molecule has 1 fully saturated rings. The number of Topliss-reactive ketones (excluding diaryl/α,β-unsaturated/α-hetero) is 1. The van der Waals surface area contributed by atoms with Crippen LogP contribution in [0.3, 0.4) is 0 Å². The Bertz CT molecular complexity index is 2510. The van der Waals surface area contributed by atoms with Crippen LogP contribution in [-0.4, -0.2) is 96.9 Å². The highest BCUT2D eigenvalue weighted by atomic mass is 16.6. The molecule has 0 spiro atoms. The molecule has 1 saturated heterocycles. The highest BCUT2D eigenvalue weighted by molar-refractivity contribution is 6.29. The lowest BCUT2D eigenvalue weighted by Crippen LogP contribution is -2.39. The highest BCUT2D eigenvalue weighted by Gasteiger charge is 2.35. The lowest BCUT2D eigenvalue weighted by atomic mass is 9.85. The van der Waals surface area contributed by atoms with Gasteiger partial charge < -0.3 is 39.4 Å². The number of carboxylic acid groups (broad SMARTS) is 1. The number of fused-ring (bicyclic) bond motifs is 2. The van der Waals surface area contributed by atoms with Gasteiger partial charge in [0, 0.05) is 72.8 Å². The van der Waals surface area contributed by atoms with E-state index in [4.69, 9.17) is 23.8 Å². The van der Waals surface area contributed by atoms with Crippen molar-refractivity contribution in [1.82, 2.24) is 5.16 Å². The second-order valence-electron chi connectivity index (χ2n) is 15.7. The van der Waals surface area contributed by atoms with Crippen LogP contribution in [0.25, 0.3) is 22.2 Å². The SMILES string of the molecule is O=C(O)CNc1cccc(Nc2cc(N3CCC[C@@H](C(=O)CCCCOCCOCCOCCCCc4ccc([N+](=O)[O-])cc4[N+](=O)[O-])C3)c3noc4c3c2C(=O)c2ccccc2-4)c1. The summed E-state index contributed by atoms with van der Waals surface area (Å²) in [5, 5.41) is 42.8. The molecule has 0 saturated carbocycles. The first-order valence-corrected chi connectivity index (χ1v) is 21.4. The Morgan fingerprint density at radius 2 is 1.56 bits per heavy atom. The fourth-order valence-electron chi connectivity index (χ4n) is 8.20. The van der Waals surface area contributed by atoms with Crippen molar-refractivity contribution >= 4 is 62.6 Å². The Balaban J connectivity index is 0.845. The summed E-state index contributed by atoms with van der Waals surface area (Å²) in [5.74, 6) is -0.618. The van der Waals surface area contributed by atoms with Gasteiger partial charge in [0.25, 0.3) is 11.4 Å². The number of piperidine rings is 1. The van der Waals surface area contributed by atoms with E-state index in [1.807, 2.05) is 30.3 Å². The zero-order valence-electron chi connectivity index (χ0n) is 35.3. The lowest BCUT2D eigenvalue weighted by molar-refractivity contribution is -0.394. The number of aliphatic carboxylic acids is 1. The van der Waals surface area contributed by atoms with E-state index in [0.717, 1.165) is 31.0 Å². The van der Waals surface area contributed by atoms with E-state index in [0.29, 0.717) is 141 Å². The van der Waals surface area contributed by atoms with E-state index >= 15 is 0 Å². The summed E-state index contributed by atoms with van der Waals surface area (Å²) in [7, 11) is 0. The Labute approximate surface area is 368 Å². The van der Waals surface area contributed by atoms with Crippen molar-refractivity contribution in [3.05, 3.63) is 110 Å². The third-order valence-electron chi connectivity index (χ3n) is 11.3. The first-order chi connectivity index (χ1) is 31.1. The number of carbonyl (C=O) groups excluding carboxylic acids is 2. The van der Waals surface area contributed by atoms with E-state index in [1.54, 1.807) is 24.3 Å². The smallest absolute Gasteiger partial charge is 0.322 e. The number of carboxylic acids is 1. The van der Waals surface area contributed by atoms with Crippen LogP contribution in [0.1, 0.15) is 66.4 Å². The number of ether oxygens (including phenoxy) is 3. The third-order valence-corrected chi connectivity index (χ3v) is 11.3. The van der Waals surface area contributed by atoms with Gasteiger partial charge in [0.05, 0.1) is 64.7 Å². The number of nitro groups is 2. The van der Waals surface area contributed by atoms with Gasteiger partial charge >= 0.3 is 5.97 Å². The van der Waals surface area contributed by atoms with Crippen molar-refractivity contribution in [2.45, 2.75) is 51.4 Å². The van der Waals surface area contributed by atoms with Gasteiger partial charge in [-0.2, -0.15) is 0 Å². The average Bonchev–Trinajstić information content (AvgIpc) is 3.74. The molecule has 2 heterocycles. The fourth-order valence-corrected chi connectivity index (χ4v) is 8.20. The number of non-ortho nitro benzene ring substituents is 1.